The second-order valence-corrected chi connectivity index (χ2v) is 5.86. The number of carbonyl (C=O) groups is 1. The van der Waals surface area contributed by atoms with Crippen molar-refractivity contribution >= 4 is 22.0 Å². The Bertz CT molecular complexity index is 717. The van der Waals surface area contributed by atoms with Crippen molar-refractivity contribution in [1.29, 1.82) is 0 Å². The molecule has 1 amide bonds. The Balaban J connectivity index is 1.68. The van der Waals surface area contributed by atoms with Crippen LogP contribution in [-0.4, -0.2) is 12.6 Å². The third kappa shape index (κ3) is 6.17. The maximum Gasteiger partial charge on any atom is 0.407 e. The lowest BCUT2D eigenvalue weighted by atomic mass is 10.1. The topological polar surface area (TPSA) is 38.3 Å². The van der Waals surface area contributed by atoms with Crippen LogP contribution in [0.15, 0.2) is 53.0 Å². The molecule has 0 aliphatic heterocycles. The quantitative estimate of drug-likeness (QED) is 0.637. The molecule has 118 valence electrons. The minimum atomic E-state index is -0.421. The van der Waals surface area contributed by atoms with E-state index in [-0.39, 0.29) is 6.61 Å². The summed E-state index contributed by atoms with van der Waals surface area (Å²) < 4.78 is 6.19. The molecule has 0 saturated heterocycles. The Kier molecular flexibility index (Phi) is 6.71. The fourth-order valence-corrected chi connectivity index (χ4v) is 2.13. The average molecular weight is 372 g/mol. The van der Waals surface area contributed by atoms with Crippen LogP contribution in [0.5, 0.6) is 0 Å². The Labute approximate surface area is 145 Å². The van der Waals surface area contributed by atoms with E-state index in [0.29, 0.717) is 13.0 Å². The Morgan fingerprint density at radius 1 is 1.22 bits per heavy atom. The highest BCUT2D eigenvalue weighted by atomic mass is 79.9. The molecule has 1 N–H and O–H groups in total. The fraction of sp³-hybridized carbons (Fsp3) is 0.211. The number of carbonyl (C=O) groups excluding carboxylic acids is 1. The molecular weight excluding hydrogens is 354 g/mol. The predicted octanol–water partition coefficient (Wildman–Crippen LogP) is 4.43. The lowest BCUT2D eigenvalue weighted by Gasteiger charge is -2.05. The van der Waals surface area contributed by atoms with Crippen molar-refractivity contribution in [1.82, 2.24) is 5.32 Å². The number of amides is 1. The summed E-state index contributed by atoms with van der Waals surface area (Å²) in [6.07, 6.45) is 0.158. The van der Waals surface area contributed by atoms with Gasteiger partial charge >= 0.3 is 6.09 Å². The highest BCUT2D eigenvalue weighted by molar-refractivity contribution is 9.10. The van der Waals surface area contributed by atoms with Gasteiger partial charge in [0.15, 0.2) is 0 Å². The van der Waals surface area contributed by atoms with Gasteiger partial charge in [-0.3, -0.25) is 0 Å². The molecule has 0 unspecified atom stereocenters. The van der Waals surface area contributed by atoms with E-state index < -0.39 is 6.09 Å². The summed E-state index contributed by atoms with van der Waals surface area (Å²) in [6, 6.07) is 15.6. The van der Waals surface area contributed by atoms with Crippen molar-refractivity contribution in [3.63, 3.8) is 0 Å². The molecule has 2 rings (SSSR count). The summed E-state index contributed by atoms with van der Waals surface area (Å²) in [5, 5.41) is 2.69. The number of aryl methyl sites for hydroxylation is 1. The molecule has 0 saturated carbocycles. The first-order chi connectivity index (χ1) is 11.1. The third-order valence-electron chi connectivity index (χ3n) is 3.12. The minimum Gasteiger partial charge on any atom is -0.445 e. The molecule has 0 heterocycles. The predicted molar refractivity (Wildman–Crippen MR) is 95.0 cm³/mol. The van der Waals surface area contributed by atoms with Crippen molar-refractivity contribution in [2.75, 3.05) is 6.54 Å². The van der Waals surface area contributed by atoms with Crippen LogP contribution >= 0.6 is 15.9 Å². The largest absolute Gasteiger partial charge is 0.445 e. The van der Waals surface area contributed by atoms with Gasteiger partial charge in [-0.25, -0.2) is 4.79 Å². The van der Waals surface area contributed by atoms with Crippen LogP contribution in [0.4, 0.5) is 4.79 Å². The lowest BCUT2D eigenvalue weighted by Crippen LogP contribution is -2.24. The van der Waals surface area contributed by atoms with Crippen LogP contribution in [0.1, 0.15) is 23.1 Å². The Hall–Kier alpha value is -2.25. The number of benzene rings is 2. The summed E-state index contributed by atoms with van der Waals surface area (Å²) in [5.41, 5.74) is 3.09. The van der Waals surface area contributed by atoms with Gasteiger partial charge in [0.25, 0.3) is 0 Å². The number of hydrogen-bond acceptors (Lipinski definition) is 2. The molecule has 4 heteroatoms. The molecule has 0 aromatic heterocycles. The van der Waals surface area contributed by atoms with Gasteiger partial charge in [-0.1, -0.05) is 58.1 Å². The highest BCUT2D eigenvalue weighted by Gasteiger charge is 2.00. The maximum absolute atomic E-state index is 11.5. The number of nitrogens with one attached hydrogen (secondary N) is 1. The monoisotopic (exact) mass is 371 g/mol. The first-order valence-electron chi connectivity index (χ1n) is 7.35. The van der Waals surface area contributed by atoms with Crippen molar-refractivity contribution in [3.8, 4) is 11.8 Å². The van der Waals surface area contributed by atoms with Gasteiger partial charge in [-0.05, 0) is 36.2 Å². The van der Waals surface area contributed by atoms with Gasteiger partial charge in [-0.2, -0.15) is 0 Å². The molecule has 0 atom stereocenters. The maximum atomic E-state index is 11.5. The standard InChI is InChI=1S/C19H18BrNO2/c1-15-13-16(10-11-18(15)20)7-5-6-12-21-19(22)23-14-17-8-3-2-4-9-17/h2-4,8-11,13H,6,12,14H2,1H3,(H,21,22). The van der Waals surface area contributed by atoms with Gasteiger partial charge in [0.05, 0.1) is 0 Å². The first-order valence-corrected chi connectivity index (χ1v) is 8.14. The van der Waals surface area contributed by atoms with E-state index >= 15 is 0 Å². The van der Waals surface area contributed by atoms with Crippen molar-refractivity contribution in [2.24, 2.45) is 0 Å². The van der Waals surface area contributed by atoms with Crippen molar-refractivity contribution in [2.45, 2.75) is 20.0 Å². The van der Waals surface area contributed by atoms with E-state index in [0.717, 1.165) is 21.2 Å². The fourth-order valence-electron chi connectivity index (χ4n) is 1.89. The van der Waals surface area contributed by atoms with Gasteiger partial charge in [0, 0.05) is 23.0 Å². The molecule has 0 aliphatic rings. The SMILES string of the molecule is Cc1cc(C#CCCNC(=O)OCc2ccccc2)ccc1Br. The van der Waals surface area contributed by atoms with E-state index in [2.05, 4.69) is 33.1 Å². The highest BCUT2D eigenvalue weighted by Crippen LogP contribution is 2.16. The van der Waals surface area contributed by atoms with E-state index in [9.17, 15) is 4.79 Å². The number of rotatable bonds is 4. The van der Waals surface area contributed by atoms with Gasteiger partial charge in [-0.15, -0.1) is 0 Å². The van der Waals surface area contributed by atoms with Gasteiger partial charge in [0.2, 0.25) is 0 Å². The third-order valence-corrected chi connectivity index (χ3v) is 4.01. The summed E-state index contributed by atoms with van der Waals surface area (Å²) in [6.45, 7) is 2.77. The zero-order valence-electron chi connectivity index (χ0n) is 12.9. The van der Waals surface area contributed by atoms with Crippen LogP contribution in [0, 0.1) is 18.8 Å². The second kappa shape index (κ2) is 9.02. The van der Waals surface area contributed by atoms with Gasteiger partial charge < -0.3 is 10.1 Å². The van der Waals surface area contributed by atoms with Crippen LogP contribution in [0.2, 0.25) is 0 Å². The molecule has 2 aromatic carbocycles. The Morgan fingerprint density at radius 2 is 2.00 bits per heavy atom. The van der Waals surface area contributed by atoms with E-state index in [1.165, 1.54) is 0 Å². The lowest BCUT2D eigenvalue weighted by molar-refractivity contribution is 0.140. The van der Waals surface area contributed by atoms with Gasteiger partial charge in [0.1, 0.15) is 6.61 Å². The van der Waals surface area contributed by atoms with E-state index in [1.807, 2.05) is 55.5 Å². The Morgan fingerprint density at radius 3 is 2.74 bits per heavy atom. The van der Waals surface area contributed by atoms with Crippen molar-refractivity contribution in [3.05, 3.63) is 69.7 Å². The van der Waals surface area contributed by atoms with E-state index in [4.69, 9.17) is 4.74 Å². The van der Waals surface area contributed by atoms with Crippen LogP contribution in [-0.2, 0) is 11.3 Å². The summed E-state index contributed by atoms with van der Waals surface area (Å²) in [5.74, 6) is 6.12. The summed E-state index contributed by atoms with van der Waals surface area (Å²) in [7, 11) is 0. The zero-order valence-corrected chi connectivity index (χ0v) is 14.5. The zero-order chi connectivity index (χ0) is 16.5. The molecule has 0 bridgehead atoms. The molecule has 0 aliphatic carbocycles. The number of ether oxygens (including phenoxy) is 1. The van der Waals surface area contributed by atoms with E-state index in [1.54, 1.807) is 0 Å². The number of alkyl carbamates (subject to hydrolysis) is 1. The number of halogens is 1. The molecular formula is C19H18BrNO2. The summed E-state index contributed by atoms with van der Waals surface area (Å²) in [4.78, 5) is 11.5. The average Bonchev–Trinajstić information content (AvgIpc) is 2.57. The molecule has 2 aromatic rings. The normalized spacial score (nSPS) is 9.65. The van der Waals surface area contributed by atoms with Crippen LogP contribution in [0.25, 0.3) is 0 Å². The molecule has 0 spiro atoms. The molecule has 0 radical (unpaired) electrons. The van der Waals surface area contributed by atoms with Crippen LogP contribution < -0.4 is 5.32 Å². The molecule has 0 fully saturated rings. The smallest absolute Gasteiger partial charge is 0.407 e. The number of hydrogen-bond donors (Lipinski definition) is 1. The summed E-state index contributed by atoms with van der Waals surface area (Å²) >= 11 is 3.46. The molecule has 23 heavy (non-hydrogen) atoms. The first kappa shape index (κ1) is 17.1. The minimum absolute atomic E-state index is 0.274. The second-order valence-electron chi connectivity index (χ2n) is 5.00. The van der Waals surface area contributed by atoms with Crippen molar-refractivity contribution < 1.29 is 9.53 Å². The van der Waals surface area contributed by atoms with Crippen LogP contribution in [0.3, 0.4) is 0 Å². The molecule has 3 nitrogen and oxygen atoms in total.